The maximum atomic E-state index is 13.3. The molecule has 7 nitrogen and oxygen atoms in total. The molecule has 1 N–H and O–H groups in total. The van der Waals surface area contributed by atoms with Crippen LogP contribution in [-0.2, 0) is 11.0 Å². The average molecular weight is 532 g/mol. The Bertz CT molecular complexity index is 1510. The Morgan fingerprint density at radius 1 is 1.00 bits per heavy atom. The average Bonchev–Trinajstić information content (AvgIpc) is 3.44. The number of benzene rings is 1. The van der Waals surface area contributed by atoms with Gasteiger partial charge >= 0.3 is 6.18 Å². The highest BCUT2D eigenvalue weighted by molar-refractivity contribution is 6.05. The summed E-state index contributed by atoms with van der Waals surface area (Å²) >= 11 is 0. The van der Waals surface area contributed by atoms with Crippen LogP contribution in [0, 0.1) is 6.92 Å². The Morgan fingerprint density at radius 2 is 1.82 bits per heavy atom. The fourth-order valence-electron chi connectivity index (χ4n) is 4.18. The normalized spacial score (nSPS) is 15.8. The number of carbonyl (C=O) groups is 1. The summed E-state index contributed by atoms with van der Waals surface area (Å²) in [5.74, 6) is -0.404. The lowest BCUT2D eigenvalue weighted by Crippen LogP contribution is -2.27. The predicted octanol–water partition coefficient (Wildman–Crippen LogP) is 6.22. The number of aromatic nitrogens is 3. The van der Waals surface area contributed by atoms with Crippen LogP contribution in [0.15, 0.2) is 84.4 Å². The highest BCUT2D eigenvalue weighted by atomic mass is 19.4. The van der Waals surface area contributed by atoms with Crippen molar-refractivity contribution in [3.05, 3.63) is 113 Å². The number of rotatable bonds is 6. The lowest BCUT2D eigenvalue weighted by molar-refractivity contribution is -0.141. The maximum Gasteiger partial charge on any atom is 0.433 e. The first-order valence-corrected chi connectivity index (χ1v) is 12.2. The van der Waals surface area contributed by atoms with E-state index in [-0.39, 0.29) is 6.10 Å². The summed E-state index contributed by atoms with van der Waals surface area (Å²) in [4.78, 5) is 31.3. The van der Waals surface area contributed by atoms with Crippen molar-refractivity contribution in [2.45, 2.75) is 38.6 Å². The summed E-state index contributed by atoms with van der Waals surface area (Å²) in [7, 11) is 0. The minimum absolute atomic E-state index is 0.341. The number of hydrogen-bond donors (Lipinski definition) is 1. The van der Waals surface area contributed by atoms with Gasteiger partial charge in [0.2, 0.25) is 0 Å². The van der Waals surface area contributed by atoms with Gasteiger partial charge in [0.25, 0.3) is 5.91 Å². The quantitative estimate of drug-likeness (QED) is 0.319. The molecule has 3 aromatic heterocycles. The molecule has 1 aliphatic heterocycles. The molecule has 4 aromatic rings. The first-order valence-electron chi connectivity index (χ1n) is 12.2. The lowest BCUT2D eigenvalue weighted by atomic mass is 9.96. The zero-order valence-corrected chi connectivity index (χ0v) is 21.1. The van der Waals surface area contributed by atoms with Gasteiger partial charge in [0, 0.05) is 41.7 Å². The number of nitrogens with one attached hydrogen (secondary N) is 1. The topological polar surface area (TPSA) is 89.4 Å². The van der Waals surface area contributed by atoms with Crippen LogP contribution < -0.4 is 5.32 Å². The molecule has 1 amide bonds. The number of alkyl halides is 3. The fraction of sp³-hybridized carbons (Fsp3) is 0.207. The van der Waals surface area contributed by atoms with Crippen LogP contribution >= 0.6 is 0 Å². The zero-order valence-electron chi connectivity index (χ0n) is 21.1. The molecule has 0 spiro atoms. The van der Waals surface area contributed by atoms with Crippen LogP contribution in [0.2, 0.25) is 0 Å². The van der Waals surface area contributed by atoms with Crippen molar-refractivity contribution < 1.29 is 22.8 Å². The van der Waals surface area contributed by atoms with Crippen LogP contribution in [0.1, 0.15) is 63.9 Å². The van der Waals surface area contributed by atoms with Crippen molar-refractivity contribution in [1.82, 2.24) is 20.3 Å². The summed E-state index contributed by atoms with van der Waals surface area (Å²) in [5, 5.41) is 7.12. The van der Waals surface area contributed by atoms with E-state index < -0.39 is 23.8 Å². The second-order valence-electron chi connectivity index (χ2n) is 9.28. The number of aryl methyl sites for hydroxylation is 1. The van der Waals surface area contributed by atoms with Gasteiger partial charge in [0.1, 0.15) is 5.69 Å². The van der Waals surface area contributed by atoms with Crippen LogP contribution in [0.5, 0.6) is 0 Å². The predicted molar refractivity (Wildman–Crippen MR) is 139 cm³/mol. The highest BCUT2D eigenvalue weighted by Gasteiger charge is 2.32. The summed E-state index contributed by atoms with van der Waals surface area (Å²) in [5.41, 5.74) is 4.30. The molecule has 1 unspecified atom stereocenters. The lowest BCUT2D eigenvalue weighted by Gasteiger charge is -2.16. The third kappa shape index (κ3) is 5.95. The van der Waals surface area contributed by atoms with Gasteiger partial charge in [-0.05, 0) is 67.4 Å². The largest absolute Gasteiger partial charge is 0.433 e. The molecule has 39 heavy (non-hydrogen) atoms. The summed E-state index contributed by atoms with van der Waals surface area (Å²) in [6.45, 7) is 3.62. The minimum Gasteiger partial charge on any atom is -0.385 e. The maximum absolute atomic E-state index is 13.3. The van der Waals surface area contributed by atoms with Crippen LogP contribution in [-0.4, -0.2) is 26.6 Å². The Hall–Kier alpha value is -4.60. The van der Waals surface area contributed by atoms with E-state index in [0.29, 0.717) is 40.1 Å². The van der Waals surface area contributed by atoms with Crippen molar-refractivity contribution >= 4 is 11.6 Å². The third-order valence-corrected chi connectivity index (χ3v) is 6.35. The SMILES string of the molecule is Cc1ccc(-c2cc(C(=O)N[C@H](C)c3ccc(C(F)(F)F)nc3)cc(C3=NOC(c4ccccn4)C3)c2)nc1. The van der Waals surface area contributed by atoms with Crippen molar-refractivity contribution in [2.75, 3.05) is 0 Å². The molecule has 2 atom stereocenters. The van der Waals surface area contributed by atoms with E-state index in [1.54, 1.807) is 31.5 Å². The number of oxime groups is 1. The van der Waals surface area contributed by atoms with Gasteiger partial charge in [-0.2, -0.15) is 13.2 Å². The monoisotopic (exact) mass is 531 g/mol. The molecule has 1 aromatic carbocycles. The highest BCUT2D eigenvalue weighted by Crippen LogP contribution is 2.31. The summed E-state index contributed by atoms with van der Waals surface area (Å²) in [6.07, 6.45) is 0.149. The van der Waals surface area contributed by atoms with Crippen molar-refractivity contribution in [1.29, 1.82) is 0 Å². The zero-order chi connectivity index (χ0) is 27.6. The Kier molecular flexibility index (Phi) is 7.10. The summed E-state index contributed by atoms with van der Waals surface area (Å²) in [6, 6.07) is 16.3. The Balaban J connectivity index is 1.42. The van der Waals surface area contributed by atoms with Gasteiger partial charge in [-0.25, -0.2) is 0 Å². The Labute approximate surface area is 222 Å². The van der Waals surface area contributed by atoms with E-state index in [1.165, 1.54) is 6.07 Å². The number of carbonyl (C=O) groups excluding carboxylic acids is 1. The van der Waals surface area contributed by atoms with Crippen LogP contribution in [0.25, 0.3) is 11.3 Å². The van der Waals surface area contributed by atoms with E-state index in [1.807, 2.05) is 43.3 Å². The van der Waals surface area contributed by atoms with Gasteiger partial charge in [-0.1, -0.05) is 23.4 Å². The number of pyridine rings is 3. The molecule has 0 saturated heterocycles. The van der Waals surface area contributed by atoms with Crippen LogP contribution in [0.4, 0.5) is 13.2 Å². The number of nitrogens with zero attached hydrogens (tertiary/aromatic N) is 4. The van der Waals surface area contributed by atoms with E-state index in [0.717, 1.165) is 23.5 Å². The smallest absolute Gasteiger partial charge is 0.385 e. The molecule has 1 aliphatic rings. The number of amides is 1. The van der Waals surface area contributed by atoms with Crippen LogP contribution in [0.3, 0.4) is 0 Å². The van der Waals surface area contributed by atoms with Crippen molar-refractivity contribution in [3.8, 4) is 11.3 Å². The molecule has 0 bridgehead atoms. The Morgan fingerprint density at radius 3 is 2.49 bits per heavy atom. The molecular weight excluding hydrogens is 507 g/mol. The first-order chi connectivity index (χ1) is 18.7. The standard InChI is InChI=1S/C29H24F3N5O2/c1-17-6-8-23(34-15-17)20-11-21(25-14-26(39-37-25)24-5-3-4-10-33-24)13-22(12-20)28(38)36-18(2)19-7-9-27(35-16-19)29(30,31)32/h3-13,15-16,18,26H,14H2,1-2H3,(H,36,38)/t18-,26?/m1/s1. The second kappa shape index (κ2) is 10.6. The number of halogens is 3. The molecule has 0 saturated carbocycles. The molecule has 198 valence electrons. The molecule has 0 fully saturated rings. The number of hydrogen-bond acceptors (Lipinski definition) is 6. The molecule has 4 heterocycles. The fourth-order valence-corrected chi connectivity index (χ4v) is 4.18. The van der Waals surface area contributed by atoms with Crippen molar-refractivity contribution in [3.63, 3.8) is 0 Å². The van der Waals surface area contributed by atoms with Crippen molar-refractivity contribution in [2.24, 2.45) is 5.16 Å². The second-order valence-corrected chi connectivity index (χ2v) is 9.28. The molecule has 5 rings (SSSR count). The molecule has 0 aliphatic carbocycles. The molecule has 10 heteroatoms. The van der Waals surface area contributed by atoms with Gasteiger partial charge < -0.3 is 10.2 Å². The summed E-state index contributed by atoms with van der Waals surface area (Å²) < 4.78 is 38.6. The van der Waals surface area contributed by atoms with E-state index in [9.17, 15) is 18.0 Å². The van der Waals surface area contributed by atoms with Gasteiger partial charge in [0.15, 0.2) is 6.10 Å². The van der Waals surface area contributed by atoms with E-state index in [2.05, 4.69) is 25.4 Å². The van der Waals surface area contributed by atoms with Gasteiger partial charge in [0.05, 0.1) is 23.1 Å². The first kappa shape index (κ1) is 26.0. The molecular formula is C29H24F3N5O2. The minimum atomic E-state index is -4.53. The van der Waals surface area contributed by atoms with Gasteiger partial charge in [-0.3, -0.25) is 19.7 Å². The van der Waals surface area contributed by atoms with E-state index in [4.69, 9.17) is 4.84 Å². The molecule has 0 radical (unpaired) electrons. The van der Waals surface area contributed by atoms with Gasteiger partial charge in [-0.15, -0.1) is 0 Å². The third-order valence-electron chi connectivity index (χ3n) is 6.35. The van der Waals surface area contributed by atoms with E-state index >= 15 is 0 Å².